The largest absolute Gasteiger partial charge is 0.333 e. The Morgan fingerprint density at radius 2 is 1.85 bits per heavy atom. The summed E-state index contributed by atoms with van der Waals surface area (Å²) in [6, 6.07) is 10.1. The van der Waals surface area contributed by atoms with Gasteiger partial charge in [-0.1, -0.05) is 35.3 Å². The second-order valence-corrected chi connectivity index (χ2v) is 7.25. The molecule has 3 rings (SSSR count). The number of nitrogens with zero attached hydrogens (tertiary/aromatic N) is 1. The van der Waals surface area contributed by atoms with Crippen LogP contribution in [0.1, 0.15) is 23.6 Å². The maximum absolute atomic E-state index is 12.7. The molecule has 3 N–H and O–H groups in total. The summed E-state index contributed by atoms with van der Waals surface area (Å²) in [6.07, 6.45) is 0.346. The maximum atomic E-state index is 12.7. The van der Waals surface area contributed by atoms with Crippen molar-refractivity contribution in [3.8, 4) is 0 Å². The first kappa shape index (κ1) is 21.5. The average molecular weight is 429 g/mol. The molecule has 2 amide bonds. The predicted octanol–water partition coefficient (Wildman–Crippen LogP) is 3.79. The maximum Gasteiger partial charge on any atom is 0.240 e. The molecule has 1 aliphatic rings. The summed E-state index contributed by atoms with van der Waals surface area (Å²) in [6.45, 7) is 2.45. The van der Waals surface area contributed by atoms with Gasteiger partial charge < -0.3 is 16.0 Å². The van der Waals surface area contributed by atoms with Crippen LogP contribution in [0.2, 0.25) is 10.0 Å². The van der Waals surface area contributed by atoms with Crippen molar-refractivity contribution in [1.82, 2.24) is 4.90 Å². The highest BCUT2D eigenvalue weighted by molar-refractivity contribution is 6.35. The molecule has 1 aliphatic heterocycles. The molecule has 8 heteroatoms. The first-order valence-electron chi connectivity index (χ1n) is 8.21. The van der Waals surface area contributed by atoms with Gasteiger partial charge in [0.25, 0.3) is 0 Å². The normalized spacial score (nSPS) is 13.6. The minimum atomic E-state index is -0.683. The molecule has 27 heavy (non-hydrogen) atoms. The van der Waals surface area contributed by atoms with Gasteiger partial charge in [-0.3, -0.25) is 9.59 Å². The molecule has 1 heterocycles. The van der Waals surface area contributed by atoms with Crippen LogP contribution in [0.15, 0.2) is 36.4 Å². The van der Waals surface area contributed by atoms with E-state index in [-0.39, 0.29) is 24.2 Å². The Bertz CT molecular complexity index is 873. The number of halogens is 3. The van der Waals surface area contributed by atoms with Gasteiger partial charge in [-0.15, -0.1) is 12.4 Å². The van der Waals surface area contributed by atoms with Crippen LogP contribution < -0.4 is 11.1 Å². The first-order chi connectivity index (χ1) is 12.3. The molecule has 0 spiro atoms. The van der Waals surface area contributed by atoms with E-state index in [0.29, 0.717) is 29.6 Å². The highest BCUT2D eigenvalue weighted by Crippen LogP contribution is 2.27. The quantitative estimate of drug-likeness (QED) is 0.778. The molecule has 2 aromatic rings. The number of hydrogen-bond donors (Lipinski definition) is 2. The third-order valence-corrected chi connectivity index (χ3v) is 4.92. The van der Waals surface area contributed by atoms with Gasteiger partial charge in [0.1, 0.15) is 0 Å². The Morgan fingerprint density at radius 1 is 1.15 bits per heavy atom. The van der Waals surface area contributed by atoms with Crippen LogP contribution in [-0.2, 0) is 29.1 Å². The average Bonchev–Trinajstić information content (AvgIpc) is 2.99. The van der Waals surface area contributed by atoms with E-state index in [1.165, 1.54) is 6.92 Å². The smallest absolute Gasteiger partial charge is 0.240 e. The van der Waals surface area contributed by atoms with Gasteiger partial charge in [0.05, 0.1) is 6.04 Å². The third-order valence-electron chi connectivity index (χ3n) is 4.33. The number of benzene rings is 2. The van der Waals surface area contributed by atoms with Gasteiger partial charge in [0, 0.05) is 35.7 Å². The predicted molar refractivity (Wildman–Crippen MR) is 110 cm³/mol. The molecule has 0 saturated heterocycles. The monoisotopic (exact) mass is 427 g/mol. The van der Waals surface area contributed by atoms with Crippen LogP contribution in [0.4, 0.5) is 5.69 Å². The van der Waals surface area contributed by atoms with Crippen molar-refractivity contribution >= 4 is 53.1 Å². The number of rotatable bonds is 4. The fourth-order valence-corrected chi connectivity index (χ4v) is 3.56. The van der Waals surface area contributed by atoms with Crippen molar-refractivity contribution in [2.75, 3.05) is 5.32 Å². The van der Waals surface area contributed by atoms with Gasteiger partial charge in [-0.05, 0) is 47.4 Å². The molecule has 144 valence electrons. The SMILES string of the molecule is CC(=O)Nc1ccc2c(c1)CN(C(=O)[C@H](N)Cc1ccc(Cl)cc1Cl)C2.Cl. The highest BCUT2D eigenvalue weighted by atomic mass is 35.5. The Morgan fingerprint density at radius 3 is 2.52 bits per heavy atom. The number of hydrogen-bond acceptors (Lipinski definition) is 3. The number of fused-ring (bicyclic) bond motifs is 1. The summed E-state index contributed by atoms with van der Waals surface area (Å²) >= 11 is 12.1. The van der Waals surface area contributed by atoms with E-state index in [4.69, 9.17) is 28.9 Å². The summed E-state index contributed by atoms with van der Waals surface area (Å²) in [5, 5.41) is 3.80. The van der Waals surface area contributed by atoms with Gasteiger partial charge >= 0.3 is 0 Å². The molecule has 2 aromatic carbocycles. The van der Waals surface area contributed by atoms with Gasteiger partial charge in [0.2, 0.25) is 11.8 Å². The molecule has 0 aliphatic carbocycles. The molecule has 0 radical (unpaired) electrons. The van der Waals surface area contributed by atoms with Crippen LogP contribution in [0.5, 0.6) is 0 Å². The van der Waals surface area contributed by atoms with Crippen LogP contribution >= 0.6 is 35.6 Å². The number of anilines is 1. The summed E-state index contributed by atoms with van der Waals surface area (Å²) in [7, 11) is 0. The van der Waals surface area contributed by atoms with Crippen molar-refractivity contribution in [1.29, 1.82) is 0 Å². The summed E-state index contributed by atoms with van der Waals surface area (Å²) < 4.78 is 0. The van der Waals surface area contributed by atoms with Crippen LogP contribution in [0.3, 0.4) is 0 Å². The van der Waals surface area contributed by atoms with Crippen molar-refractivity contribution in [2.45, 2.75) is 32.5 Å². The van der Waals surface area contributed by atoms with Crippen molar-refractivity contribution in [3.63, 3.8) is 0 Å². The molecule has 0 bridgehead atoms. The number of amides is 2. The Balaban J connectivity index is 0.00000261. The summed E-state index contributed by atoms with van der Waals surface area (Å²) in [5.74, 6) is -0.258. The second kappa shape index (κ2) is 8.93. The fourth-order valence-electron chi connectivity index (χ4n) is 3.08. The van der Waals surface area contributed by atoms with Gasteiger partial charge in [-0.25, -0.2) is 0 Å². The van der Waals surface area contributed by atoms with E-state index in [1.807, 2.05) is 18.2 Å². The first-order valence-corrected chi connectivity index (χ1v) is 8.97. The number of carbonyl (C=O) groups is 2. The minimum Gasteiger partial charge on any atom is -0.333 e. The zero-order valence-electron chi connectivity index (χ0n) is 14.7. The molecular formula is C19H20Cl3N3O2. The summed E-state index contributed by atoms with van der Waals surface area (Å²) in [5.41, 5.74) is 9.72. The van der Waals surface area contributed by atoms with E-state index in [0.717, 1.165) is 22.4 Å². The third kappa shape index (κ3) is 5.14. The highest BCUT2D eigenvalue weighted by Gasteiger charge is 2.27. The molecule has 5 nitrogen and oxygen atoms in total. The van der Waals surface area contributed by atoms with E-state index >= 15 is 0 Å². The van der Waals surface area contributed by atoms with E-state index < -0.39 is 6.04 Å². The topological polar surface area (TPSA) is 75.4 Å². The van der Waals surface area contributed by atoms with Gasteiger partial charge in [0.15, 0.2) is 0 Å². The van der Waals surface area contributed by atoms with Gasteiger partial charge in [-0.2, -0.15) is 0 Å². The Kier molecular flexibility index (Phi) is 7.12. The lowest BCUT2D eigenvalue weighted by Crippen LogP contribution is -2.42. The van der Waals surface area contributed by atoms with E-state index in [9.17, 15) is 9.59 Å². The van der Waals surface area contributed by atoms with Crippen molar-refractivity contribution < 1.29 is 9.59 Å². The lowest BCUT2D eigenvalue weighted by molar-refractivity contribution is -0.133. The minimum absolute atomic E-state index is 0. The van der Waals surface area contributed by atoms with E-state index in [1.54, 1.807) is 23.1 Å². The standard InChI is InChI=1S/C19H19Cl2N3O2.ClH/c1-11(25)23-16-5-3-13-9-24(10-14(13)6-16)19(26)18(22)7-12-2-4-15(20)8-17(12)21;/h2-6,8,18H,7,9-10,22H2,1H3,(H,23,25);1H/t18-;/m1./s1. The molecule has 1 atom stereocenters. The second-order valence-electron chi connectivity index (χ2n) is 6.41. The lowest BCUT2D eigenvalue weighted by Gasteiger charge is -2.20. The van der Waals surface area contributed by atoms with Crippen LogP contribution in [0, 0.1) is 0 Å². The van der Waals surface area contributed by atoms with Crippen LogP contribution in [0.25, 0.3) is 0 Å². The Labute approximate surface area is 174 Å². The number of nitrogens with one attached hydrogen (secondary N) is 1. The zero-order chi connectivity index (χ0) is 18.8. The van der Waals surface area contributed by atoms with Crippen molar-refractivity contribution in [3.05, 3.63) is 63.1 Å². The number of carbonyl (C=O) groups excluding carboxylic acids is 2. The molecule has 0 fully saturated rings. The molecule has 0 saturated carbocycles. The fraction of sp³-hybridized carbons (Fsp3) is 0.263. The van der Waals surface area contributed by atoms with E-state index in [2.05, 4.69) is 5.32 Å². The summed E-state index contributed by atoms with van der Waals surface area (Å²) in [4.78, 5) is 25.6. The molecular weight excluding hydrogens is 409 g/mol. The Hall–Kier alpha value is -1.79. The lowest BCUT2D eigenvalue weighted by atomic mass is 10.1. The van der Waals surface area contributed by atoms with Crippen molar-refractivity contribution in [2.24, 2.45) is 5.73 Å². The number of nitrogens with two attached hydrogens (primary N) is 1. The zero-order valence-corrected chi connectivity index (χ0v) is 17.0. The molecule has 0 unspecified atom stereocenters. The van der Waals surface area contributed by atoms with Crippen LogP contribution in [-0.4, -0.2) is 22.8 Å². The molecule has 0 aromatic heterocycles.